The Hall–Kier alpha value is -2.20. The minimum absolute atomic E-state index is 0. The summed E-state index contributed by atoms with van der Waals surface area (Å²) in [6, 6.07) is 12.1. The van der Waals surface area contributed by atoms with Gasteiger partial charge in [0.25, 0.3) is 0 Å². The Bertz CT molecular complexity index is 861. The second-order valence-corrected chi connectivity index (χ2v) is 6.89. The van der Waals surface area contributed by atoms with Crippen molar-refractivity contribution in [3.8, 4) is 17.2 Å². The number of benzene rings is 2. The first kappa shape index (κ1) is 25.1. The number of fused-ring (bicyclic) bond motifs is 1. The third-order valence-electron chi connectivity index (χ3n) is 4.56. The maximum absolute atomic E-state index is 5.93. The Morgan fingerprint density at radius 3 is 2.68 bits per heavy atom. The highest BCUT2D eigenvalue weighted by molar-refractivity contribution is 14.0. The molecule has 0 spiro atoms. The molecule has 0 fully saturated rings. The van der Waals surface area contributed by atoms with Gasteiger partial charge in [-0.15, -0.1) is 24.0 Å². The molecule has 7 nitrogen and oxygen atoms in total. The van der Waals surface area contributed by atoms with Gasteiger partial charge in [-0.25, -0.2) is 4.99 Å². The van der Waals surface area contributed by atoms with E-state index >= 15 is 0 Å². The van der Waals surface area contributed by atoms with Gasteiger partial charge in [0.15, 0.2) is 17.5 Å². The molecule has 1 aliphatic rings. The first-order valence-corrected chi connectivity index (χ1v) is 10.4. The molecule has 0 saturated heterocycles. The van der Waals surface area contributed by atoms with Crippen molar-refractivity contribution in [1.29, 1.82) is 0 Å². The summed E-state index contributed by atoms with van der Waals surface area (Å²) in [5.41, 5.74) is 3.30. The molecule has 0 radical (unpaired) electrons. The lowest BCUT2D eigenvalue weighted by atomic mass is 10.1. The van der Waals surface area contributed by atoms with Crippen LogP contribution in [0.1, 0.15) is 30.5 Å². The SMILES string of the molecule is CCNC(=NCc1ccc2c(c1)OCO2)NCc1ccc(C)cc1OCCOCC.I. The van der Waals surface area contributed by atoms with Gasteiger partial charge < -0.3 is 29.6 Å². The van der Waals surface area contributed by atoms with E-state index in [0.29, 0.717) is 32.9 Å². The number of guanidine groups is 1. The van der Waals surface area contributed by atoms with E-state index in [0.717, 1.165) is 46.4 Å². The van der Waals surface area contributed by atoms with Crippen LogP contribution in [0.4, 0.5) is 0 Å². The number of aliphatic imine (C=N–C) groups is 1. The fourth-order valence-corrected chi connectivity index (χ4v) is 3.03. The van der Waals surface area contributed by atoms with Gasteiger partial charge in [-0.2, -0.15) is 0 Å². The predicted molar refractivity (Wildman–Crippen MR) is 133 cm³/mol. The van der Waals surface area contributed by atoms with Crippen LogP contribution in [0.2, 0.25) is 0 Å². The Morgan fingerprint density at radius 2 is 1.87 bits per heavy atom. The highest BCUT2D eigenvalue weighted by atomic mass is 127. The zero-order chi connectivity index (χ0) is 21.2. The molecule has 0 aliphatic carbocycles. The summed E-state index contributed by atoms with van der Waals surface area (Å²) in [6.45, 7) is 10.1. The zero-order valence-corrected chi connectivity index (χ0v) is 20.7. The van der Waals surface area contributed by atoms with Gasteiger partial charge in [0, 0.05) is 25.3 Å². The smallest absolute Gasteiger partial charge is 0.231 e. The first-order chi connectivity index (χ1) is 14.7. The topological polar surface area (TPSA) is 73.3 Å². The van der Waals surface area contributed by atoms with Crippen molar-refractivity contribution in [2.45, 2.75) is 33.9 Å². The molecule has 170 valence electrons. The second kappa shape index (κ2) is 13.3. The van der Waals surface area contributed by atoms with Crippen LogP contribution < -0.4 is 24.8 Å². The van der Waals surface area contributed by atoms with E-state index in [1.54, 1.807) is 0 Å². The molecule has 1 heterocycles. The largest absolute Gasteiger partial charge is 0.491 e. The Morgan fingerprint density at radius 1 is 1.03 bits per heavy atom. The monoisotopic (exact) mass is 541 g/mol. The van der Waals surface area contributed by atoms with Crippen LogP contribution in [0.25, 0.3) is 0 Å². The molecule has 0 atom stereocenters. The van der Waals surface area contributed by atoms with Crippen molar-refractivity contribution in [2.24, 2.45) is 4.99 Å². The lowest BCUT2D eigenvalue weighted by Gasteiger charge is -2.15. The number of aryl methyl sites for hydroxylation is 1. The van der Waals surface area contributed by atoms with Crippen LogP contribution >= 0.6 is 24.0 Å². The number of nitrogens with one attached hydrogen (secondary N) is 2. The standard InChI is InChI=1S/C23H31N3O4.HI/c1-4-24-23(25-14-18-7-9-20-22(13-18)30-16-29-20)26-15-19-8-6-17(3)12-21(19)28-11-10-27-5-2;/h6-9,12-13H,4-5,10-11,14-16H2,1-3H3,(H2,24,25,26);1H. The molecule has 0 unspecified atom stereocenters. The lowest BCUT2D eigenvalue weighted by Crippen LogP contribution is -2.36. The average molecular weight is 541 g/mol. The molecule has 0 aromatic heterocycles. The van der Waals surface area contributed by atoms with E-state index in [-0.39, 0.29) is 30.8 Å². The molecule has 0 amide bonds. The van der Waals surface area contributed by atoms with Crippen molar-refractivity contribution in [3.63, 3.8) is 0 Å². The Balaban J connectivity index is 0.00000341. The fourth-order valence-electron chi connectivity index (χ4n) is 3.03. The molecule has 8 heteroatoms. The van der Waals surface area contributed by atoms with E-state index in [2.05, 4.69) is 35.8 Å². The van der Waals surface area contributed by atoms with Crippen LogP contribution in [0.3, 0.4) is 0 Å². The highest BCUT2D eigenvalue weighted by Crippen LogP contribution is 2.32. The molecule has 2 N–H and O–H groups in total. The highest BCUT2D eigenvalue weighted by Gasteiger charge is 2.13. The predicted octanol–water partition coefficient (Wildman–Crippen LogP) is 4.01. The normalized spacial score (nSPS) is 12.3. The Kier molecular flexibility index (Phi) is 10.7. The molecule has 2 aromatic rings. The minimum atomic E-state index is 0. The third-order valence-corrected chi connectivity index (χ3v) is 4.56. The van der Waals surface area contributed by atoms with E-state index in [1.165, 1.54) is 0 Å². The molecular weight excluding hydrogens is 509 g/mol. The number of rotatable bonds is 10. The second-order valence-electron chi connectivity index (χ2n) is 6.89. The van der Waals surface area contributed by atoms with Gasteiger partial charge in [-0.1, -0.05) is 18.2 Å². The molecule has 3 rings (SSSR count). The molecule has 0 bridgehead atoms. The average Bonchev–Trinajstić information content (AvgIpc) is 3.22. The van der Waals surface area contributed by atoms with Crippen LogP contribution in [-0.4, -0.2) is 39.1 Å². The number of ether oxygens (including phenoxy) is 4. The number of halogens is 1. The van der Waals surface area contributed by atoms with Crippen LogP contribution in [0.15, 0.2) is 41.4 Å². The van der Waals surface area contributed by atoms with Gasteiger partial charge in [-0.05, 0) is 50.1 Å². The fraction of sp³-hybridized carbons (Fsp3) is 0.435. The molecule has 1 aliphatic heterocycles. The summed E-state index contributed by atoms with van der Waals surface area (Å²) in [5.74, 6) is 3.17. The zero-order valence-electron chi connectivity index (χ0n) is 18.4. The summed E-state index contributed by atoms with van der Waals surface area (Å²) in [6.07, 6.45) is 0. The van der Waals surface area contributed by atoms with Crippen LogP contribution in [0, 0.1) is 6.92 Å². The van der Waals surface area contributed by atoms with Crippen LogP contribution in [-0.2, 0) is 17.8 Å². The maximum atomic E-state index is 5.93. The van der Waals surface area contributed by atoms with E-state index in [9.17, 15) is 0 Å². The van der Waals surface area contributed by atoms with E-state index in [1.807, 2.05) is 32.0 Å². The molecular formula is C23H32IN3O4. The van der Waals surface area contributed by atoms with E-state index < -0.39 is 0 Å². The number of hydrogen-bond acceptors (Lipinski definition) is 5. The summed E-state index contributed by atoms with van der Waals surface area (Å²) in [4.78, 5) is 4.70. The summed E-state index contributed by atoms with van der Waals surface area (Å²) < 4.78 is 22.1. The summed E-state index contributed by atoms with van der Waals surface area (Å²) in [7, 11) is 0. The molecule has 0 saturated carbocycles. The van der Waals surface area contributed by atoms with Gasteiger partial charge in [0.2, 0.25) is 6.79 Å². The molecule has 31 heavy (non-hydrogen) atoms. The van der Waals surface area contributed by atoms with Crippen molar-refractivity contribution >= 4 is 29.9 Å². The number of nitrogens with zero attached hydrogens (tertiary/aromatic N) is 1. The minimum Gasteiger partial charge on any atom is -0.491 e. The summed E-state index contributed by atoms with van der Waals surface area (Å²) in [5, 5.41) is 6.68. The lowest BCUT2D eigenvalue weighted by molar-refractivity contribution is 0.110. The van der Waals surface area contributed by atoms with E-state index in [4.69, 9.17) is 23.9 Å². The quantitative estimate of drug-likeness (QED) is 0.205. The third kappa shape index (κ3) is 7.77. The maximum Gasteiger partial charge on any atom is 0.231 e. The van der Waals surface area contributed by atoms with Gasteiger partial charge in [0.1, 0.15) is 12.4 Å². The first-order valence-electron chi connectivity index (χ1n) is 10.4. The Labute approximate surface area is 201 Å². The van der Waals surface area contributed by atoms with Gasteiger partial charge in [-0.3, -0.25) is 0 Å². The summed E-state index contributed by atoms with van der Waals surface area (Å²) >= 11 is 0. The molecule has 2 aromatic carbocycles. The van der Waals surface area contributed by atoms with Crippen molar-refractivity contribution in [1.82, 2.24) is 10.6 Å². The van der Waals surface area contributed by atoms with Gasteiger partial charge >= 0.3 is 0 Å². The number of hydrogen-bond donors (Lipinski definition) is 2. The van der Waals surface area contributed by atoms with Crippen molar-refractivity contribution < 1.29 is 18.9 Å². The van der Waals surface area contributed by atoms with Crippen molar-refractivity contribution in [2.75, 3.05) is 33.2 Å². The van der Waals surface area contributed by atoms with Crippen molar-refractivity contribution in [3.05, 3.63) is 53.1 Å². The van der Waals surface area contributed by atoms with Crippen LogP contribution in [0.5, 0.6) is 17.2 Å². The van der Waals surface area contributed by atoms with Gasteiger partial charge in [0.05, 0.1) is 13.2 Å².